The van der Waals surface area contributed by atoms with Gasteiger partial charge in [-0.15, -0.1) is 10.2 Å². The predicted molar refractivity (Wildman–Crippen MR) is 99.5 cm³/mol. The van der Waals surface area contributed by atoms with Gasteiger partial charge in [-0.3, -0.25) is 14.9 Å². The first-order valence-electron chi connectivity index (χ1n) is 8.18. The molecule has 1 heterocycles. The molecule has 3 aromatic carbocycles. The first kappa shape index (κ1) is 16.5. The van der Waals surface area contributed by atoms with Gasteiger partial charge in [-0.25, -0.2) is 0 Å². The van der Waals surface area contributed by atoms with Gasteiger partial charge >= 0.3 is 0 Å². The van der Waals surface area contributed by atoms with E-state index in [0.29, 0.717) is 17.1 Å². The first-order chi connectivity index (χ1) is 13.2. The molecule has 0 spiro atoms. The van der Waals surface area contributed by atoms with Gasteiger partial charge in [0.05, 0.1) is 22.5 Å². The zero-order valence-corrected chi connectivity index (χ0v) is 14.0. The lowest BCUT2D eigenvalue weighted by Crippen LogP contribution is -2.19. The molecule has 0 saturated carbocycles. The molecule has 27 heavy (non-hydrogen) atoms. The summed E-state index contributed by atoms with van der Waals surface area (Å²) in [5.41, 5.74) is 2.24. The van der Waals surface area contributed by atoms with Crippen molar-refractivity contribution >= 4 is 34.6 Å². The smallest absolute Gasteiger partial charge is 0.261 e. The quantitative estimate of drug-likeness (QED) is 0.501. The third-order valence-electron chi connectivity index (χ3n) is 3.91. The molecule has 0 aromatic heterocycles. The van der Waals surface area contributed by atoms with Gasteiger partial charge in [0.15, 0.2) is 0 Å². The summed E-state index contributed by atoms with van der Waals surface area (Å²) >= 11 is 0. The Labute approximate surface area is 154 Å². The third kappa shape index (κ3) is 3.38. The average molecular weight is 355 g/mol. The van der Waals surface area contributed by atoms with Crippen LogP contribution in [0.3, 0.4) is 0 Å². The second-order valence-corrected chi connectivity index (χ2v) is 5.71. The molecule has 7 nitrogen and oxygen atoms in total. The Kier molecular flexibility index (Phi) is 4.32. The van der Waals surface area contributed by atoms with Crippen molar-refractivity contribution < 1.29 is 9.59 Å². The van der Waals surface area contributed by atoms with Crippen LogP contribution in [0.5, 0.6) is 0 Å². The number of azo groups is 2. The van der Waals surface area contributed by atoms with Crippen LogP contribution in [0.15, 0.2) is 93.3 Å². The normalized spacial score (nSPS) is 13.3. The highest BCUT2D eigenvalue weighted by molar-refractivity contribution is 6.24. The number of imide groups is 1. The number of carbonyl (C=O) groups excluding carboxylic acids is 2. The number of amides is 2. The van der Waals surface area contributed by atoms with Gasteiger partial charge in [-0.2, -0.15) is 10.2 Å². The number of nitrogens with zero attached hydrogens (tertiary/aromatic N) is 4. The van der Waals surface area contributed by atoms with E-state index in [1.54, 1.807) is 30.3 Å². The van der Waals surface area contributed by atoms with Crippen LogP contribution in [0, 0.1) is 0 Å². The van der Waals surface area contributed by atoms with Crippen molar-refractivity contribution in [1.82, 2.24) is 5.32 Å². The van der Waals surface area contributed by atoms with Crippen LogP contribution < -0.4 is 5.32 Å². The van der Waals surface area contributed by atoms with Gasteiger partial charge in [0.1, 0.15) is 11.4 Å². The minimum atomic E-state index is -0.520. The zero-order valence-electron chi connectivity index (χ0n) is 14.0. The topological polar surface area (TPSA) is 95.6 Å². The molecule has 2 amide bonds. The number of carbonyl (C=O) groups is 2. The summed E-state index contributed by atoms with van der Waals surface area (Å²) in [4.78, 5) is 24.2. The van der Waals surface area contributed by atoms with Gasteiger partial charge in [0.25, 0.3) is 11.8 Å². The van der Waals surface area contributed by atoms with E-state index in [2.05, 4.69) is 25.8 Å². The molecule has 7 heteroatoms. The summed E-state index contributed by atoms with van der Waals surface area (Å²) in [7, 11) is 0. The minimum absolute atomic E-state index is 0.157. The summed E-state index contributed by atoms with van der Waals surface area (Å²) in [5.74, 6) is -0.980. The summed E-state index contributed by atoms with van der Waals surface area (Å²) in [6.45, 7) is 0. The van der Waals surface area contributed by atoms with Gasteiger partial charge in [-0.05, 0) is 36.4 Å². The lowest BCUT2D eigenvalue weighted by atomic mass is 10.1. The monoisotopic (exact) mass is 355 g/mol. The van der Waals surface area contributed by atoms with Crippen molar-refractivity contribution in [2.75, 3.05) is 0 Å². The second-order valence-electron chi connectivity index (χ2n) is 5.71. The number of fused-ring (bicyclic) bond motifs is 1. The van der Waals surface area contributed by atoms with Crippen LogP contribution in [0.4, 0.5) is 22.7 Å². The van der Waals surface area contributed by atoms with Crippen LogP contribution in [-0.2, 0) is 0 Å². The fourth-order valence-corrected chi connectivity index (χ4v) is 2.62. The van der Waals surface area contributed by atoms with E-state index in [1.807, 2.05) is 36.4 Å². The highest BCUT2D eigenvalue weighted by Crippen LogP contribution is 2.38. The van der Waals surface area contributed by atoms with Crippen LogP contribution in [0.2, 0.25) is 0 Å². The van der Waals surface area contributed by atoms with E-state index in [1.165, 1.54) is 6.07 Å². The third-order valence-corrected chi connectivity index (χ3v) is 3.91. The second kappa shape index (κ2) is 7.09. The van der Waals surface area contributed by atoms with Crippen LogP contribution in [-0.4, -0.2) is 11.8 Å². The Morgan fingerprint density at radius 2 is 1.19 bits per heavy atom. The fourth-order valence-electron chi connectivity index (χ4n) is 2.62. The van der Waals surface area contributed by atoms with Gasteiger partial charge in [0, 0.05) is 0 Å². The van der Waals surface area contributed by atoms with E-state index in [4.69, 9.17) is 0 Å². The van der Waals surface area contributed by atoms with Gasteiger partial charge < -0.3 is 0 Å². The minimum Gasteiger partial charge on any atom is -0.288 e. The van der Waals surface area contributed by atoms with Crippen LogP contribution in [0.25, 0.3) is 0 Å². The average Bonchev–Trinajstić information content (AvgIpc) is 3.00. The molecule has 1 aliphatic rings. The zero-order chi connectivity index (χ0) is 18.6. The standard InChI is InChI=1S/C20H13N5O2/c26-19-15-11-12-16(24-22-13-7-3-1-4-8-13)18(17(15)20(27)21-19)25-23-14-9-5-2-6-10-14/h1-12H,(H,21,26,27). The lowest BCUT2D eigenvalue weighted by Gasteiger charge is -2.03. The molecule has 0 radical (unpaired) electrons. The SMILES string of the molecule is O=C1NC(=O)c2c1ccc(N=Nc1ccccc1)c2N=Nc1ccccc1. The van der Waals surface area contributed by atoms with Crippen molar-refractivity contribution in [3.63, 3.8) is 0 Å². The Morgan fingerprint density at radius 1 is 0.593 bits per heavy atom. The Morgan fingerprint density at radius 3 is 1.81 bits per heavy atom. The maximum Gasteiger partial charge on any atom is 0.261 e. The molecule has 0 saturated heterocycles. The van der Waals surface area contributed by atoms with E-state index in [0.717, 1.165) is 0 Å². The van der Waals surface area contributed by atoms with E-state index in [9.17, 15) is 9.59 Å². The first-order valence-corrected chi connectivity index (χ1v) is 8.18. The number of hydrogen-bond donors (Lipinski definition) is 1. The maximum absolute atomic E-state index is 12.2. The van der Waals surface area contributed by atoms with Gasteiger partial charge in [0.2, 0.25) is 0 Å². The summed E-state index contributed by atoms with van der Waals surface area (Å²) < 4.78 is 0. The fraction of sp³-hybridized carbons (Fsp3) is 0. The van der Waals surface area contributed by atoms with Crippen molar-refractivity contribution in [2.45, 2.75) is 0 Å². The predicted octanol–water partition coefficient (Wildman–Crippen LogP) is 5.40. The lowest BCUT2D eigenvalue weighted by molar-refractivity contribution is 0.0880. The number of benzene rings is 3. The van der Waals surface area contributed by atoms with Crippen molar-refractivity contribution in [2.24, 2.45) is 20.5 Å². The molecule has 0 bridgehead atoms. The molecule has 3 aromatic rings. The molecule has 4 rings (SSSR count). The number of hydrogen-bond acceptors (Lipinski definition) is 6. The van der Waals surface area contributed by atoms with E-state index >= 15 is 0 Å². The van der Waals surface area contributed by atoms with Crippen LogP contribution in [0.1, 0.15) is 20.7 Å². The number of nitrogens with one attached hydrogen (secondary N) is 1. The maximum atomic E-state index is 12.2. The molecule has 1 N–H and O–H groups in total. The van der Waals surface area contributed by atoms with Crippen molar-refractivity contribution in [1.29, 1.82) is 0 Å². The molecular weight excluding hydrogens is 342 g/mol. The number of rotatable bonds is 4. The van der Waals surface area contributed by atoms with Crippen molar-refractivity contribution in [3.8, 4) is 0 Å². The molecule has 1 aliphatic heterocycles. The highest BCUT2D eigenvalue weighted by atomic mass is 16.2. The highest BCUT2D eigenvalue weighted by Gasteiger charge is 2.31. The molecule has 0 fully saturated rings. The molecule has 0 unspecified atom stereocenters. The molecular formula is C20H13N5O2. The summed E-state index contributed by atoms with van der Waals surface area (Å²) in [6, 6.07) is 21.4. The van der Waals surface area contributed by atoms with E-state index < -0.39 is 11.8 Å². The van der Waals surface area contributed by atoms with E-state index in [-0.39, 0.29) is 16.8 Å². The largest absolute Gasteiger partial charge is 0.288 e. The Hall–Kier alpha value is -4.00. The molecule has 0 atom stereocenters. The molecule has 130 valence electrons. The summed E-state index contributed by atoms with van der Waals surface area (Å²) in [6.07, 6.45) is 0. The van der Waals surface area contributed by atoms with Crippen molar-refractivity contribution in [3.05, 3.63) is 83.9 Å². The van der Waals surface area contributed by atoms with Crippen LogP contribution >= 0.6 is 0 Å². The van der Waals surface area contributed by atoms with Gasteiger partial charge in [-0.1, -0.05) is 36.4 Å². The summed E-state index contributed by atoms with van der Waals surface area (Å²) in [5, 5.41) is 19.0. The Balaban J connectivity index is 1.80. The molecule has 0 aliphatic carbocycles. The Bertz CT molecular complexity index is 1080.